The Kier molecular flexibility index (Phi) is 6.56. The van der Waals surface area contributed by atoms with Crippen molar-refractivity contribution in [3.8, 4) is 0 Å². The van der Waals surface area contributed by atoms with Crippen molar-refractivity contribution in [2.75, 3.05) is 32.1 Å². The fraction of sp³-hybridized carbons (Fsp3) is 0.286. The third-order valence-electron chi connectivity index (χ3n) is 4.57. The molecule has 1 heterocycles. The highest BCUT2D eigenvalue weighted by molar-refractivity contribution is 6.21. The SMILES string of the molecule is COCCCN1C(=O)c2ccc(NC(=O)NCCc3ccc(F)cc3)cc2C1=O. The molecule has 0 saturated carbocycles. The van der Waals surface area contributed by atoms with Crippen LogP contribution in [0, 0.1) is 5.82 Å². The molecule has 8 heteroatoms. The van der Waals surface area contributed by atoms with Crippen LogP contribution in [0.25, 0.3) is 0 Å². The van der Waals surface area contributed by atoms with Crippen LogP contribution in [-0.2, 0) is 11.2 Å². The van der Waals surface area contributed by atoms with Gasteiger partial charge in [-0.05, 0) is 48.7 Å². The maximum absolute atomic E-state index is 12.9. The first-order chi connectivity index (χ1) is 14.0. The number of carbonyl (C=O) groups excluding carboxylic acids is 3. The summed E-state index contributed by atoms with van der Waals surface area (Å²) in [4.78, 5) is 38.1. The summed E-state index contributed by atoms with van der Waals surface area (Å²) in [5, 5.41) is 5.36. The second kappa shape index (κ2) is 9.29. The molecule has 2 aromatic carbocycles. The Morgan fingerprint density at radius 1 is 1.07 bits per heavy atom. The van der Waals surface area contributed by atoms with Gasteiger partial charge in [0.25, 0.3) is 11.8 Å². The number of carbonyl (C=O) groups is 3. The lowest BCUT2D eigenvalue weighted by atomic mass is 10.1. The van der Waals surface area contributed by atoms with Crippen LogP contribution in [0.15, 0.2) is 42.5 Å². The number of rotatable bonds is 8. The number of imide groups is 1. The Morgan fingerprint density at radius 2 is 1.79 bits per heavy atom. The second-order valence-corrected chi connectivity index (χ2v) is 6.63. The van der Waals surface area contributed by atoms with E-state index < -0.39 is 6.03 Å². The normalized spacial score (nSPS) is 12.8. The predicted octanol–water partition coefficient (Wildman–Crippen LogP) is 2.82. The van der Waals surface area contributed by atoms with E-state index in [1.54, 1.807) is 31.4 Å². The Labute approximate surface area is 167 Å². The Balaban J connectivity index is 1.55. The zero-order chi connectivity index (χ0) is 20.8. The van der Waals surface area contributed by atoms with E-state index in [-0.39, 0.29) is 29.7 Å². The van der Waals surface area contributed by atoms with E-state index >= 15 is 0 Å². The number of nitrogens with zero attached hydrogens (tertiary/aromatic N) is 1. The van der Waals surface area contributed by atoms with E-state index in [4.69, 9.17) is 4.74 Å². The standard InChI is InChI=1S/C21H22FN3O4/c1-29-12-2-11-25-19(26)17-8-7-16(13-18(17)20(25)27)24-21(28)23-10-9-14-3-5-15(22)6-4-14/h3-8,13H,2,9-12H2,1H3,(H2,23,24,28). The molecule has 1 aliphatic rings. The Hall–Kier alpha value is -3.26. The average Bonchev–Trinajstić information content (AvgIpc) is 2.94. The molecule has 2 N–H and O–H groups in total. The minimum absolute atomic E-state index is 0.275. The minimum atomic E-state index is -0.430. The molecule has 0 unspecified atom stereocenters. The molecule has 0 fully saturated rings. The highest BCUT2D eigenvalue weighted by Gasteiger charge is 2.35. The highest BCUT2D eigenvalue weighted by Crippen LogP contribution is 2.26. The van der Waals surface area contributed by atoms with E-state index in [2.05, 4.69) is 10.6 Å². The van der Waals surface area contributed by atoms with Gasteiger partial charge in [0.15, 0.2) is 0 Å². The average molecular weight is 399 g/mol. The van der Waals surface area contributed by atoms with Crippen LogP contribution >= 0.6 is 0 Å². The number of amides is 4. The van der Waals surface area contributed by atoms with Gasteiger partial charge in [-0.3, -0.25) is 14.5 Å². The van der Waals surface area contributed by atoms with Crippen LogP contribution in [0.2, 0.25) is 0 Å². The van der Waals surface area contributed by atoms with E-state index in [1.165, 1.54) is 23.1 Å². The lowest BCUT2D eigenvalue weighted by Gasteiger charge is -2.12. The molecule has 1 aliphatic heterocycles. The van der Waals surface area contributed by atoms with E-state index in [1.807, 2.05) is 0 Å². The van der Waals surface area contributed by atoms with Crippen molar-refractivity contribution < 1.29 is 23.5 Å². The Bertz CT molecular complexity index is 915. The first kappa shape index (κ1) is 20.5. The molecule has 152 valence electrons. The number of methoxy groups -OCH3 is 1. The quantitative estimate of drug-likeness (QED) is 0.528. The maximum Gasteiger partial charge on any atom is 0.319 e. The summed E-state index contributed by atoms with van der Waals surface area (Å²) < 4.78 is 17.9. The van der Waals surface area contributed by atoms with Gasteiger partial charge in [-0.25, -0.2) is 9.18 Å². The number of halogens is 1. The van der Waals surface area contributed by atoms with Crippen LogP contribution in [0.1, 0.15) is 32.7 Å². The third kappa shape index (κ3) is 4.97. The molecule has 29 heavy (non-hydrogen) atoms. The minimum Gasteiger partial charge on any atom is -0.385 e. The zero-order valence-electron chi connectivity index (χ0n) is 16.0. The maximum atomic E-state index is 12.9. The zero-order valence-corrected chi connectivity index (χ0v) is 16.0. The first-order valence-corrected chi connectivity index (χ1v) is 9.28. The molecule has 0 saturated heterocycles. The molecule has 7 nitrogen and oxygen atoms in total. The molecular formula is C21H22FN3O4. The molecule has 3 rings (SSSR count). The molecular weight excluding hydrogens is 377 g/mol. The molecule has 0 atom stereocenters. The number of anilines is 1. The monoisotopic (exact) mass is 399 g/mol. The summed E-state index contributed by atoms with van der Waals surface area (Å²) in [6, 6.07) is 10.3. The molecule has 0 spiro atoms. The molecule has 0 radical (unpaired) electrons. The van der Waals surface area contributed by atoms with Crippen molar-refractivity contribution in [1.82, 2.24) is 10.2 Å². The van der Waals surface area contributed by atoms with Gasteiger partial charge in [0, 0.05) is 32.5 Å². The van der Waals surface area contributed by atoms with Crippen molar-refractivity contribution in [3.63, 3.8) is 0 Å². The van der Waals surface area contributed by atoms with Crippen LogP contribution < -0.4 is 10.6 Å². The van der Waals surface area contributed by atoms with E-state index in [0.29, 0.717) is 37.2 Å². The number of benzene rings is 2. The fourth-order valence-corrected chi connectivity index (χ4v) is 3.09. The van der Waals surface area contributed by atoms with Crippen molar-refractivity contribution >= 4 is 23.5 Å². The fourth-order valence-electron chi connectivity index (χ4n) is 3.09. The number of hydrogen-bond donors (Lipinski definition) is 2. The van der Waals surface area contributed by atoms with Gasteiger partial charge in [-0.1, -0.05) is 12.1 Å². The van der Waals surface area contributed by atoms with Crippen LogP contribution in [0.5, 0.6) is 0 Å². The van der Waals surface area contributed by atoms with Crippen LogP contribution in [0.4, 0.5) is 14.9 Å². The highest BCUT2D eigenvalue weighted by atomic mass is 19.1. The van der Waals surface area contributed by atoms with Gasteiger partial charge in [0.05, 0.1) is 11.1 Å². The summed E-state index contributed by atoms with van der Waals surface area (Å²) in [5.41, 5.74) is 1.93. The molecule has 0 aliphatic carbocycles. The van der Waals surface area contributed by atoms with Crippen molar-refractivity contribution in [1.29, 1.82) is 0 Å². The van der Waals surface area contributed by atoms with Gasteiger partial charge in [0.1, 0.15) is 5.82 Å². The Morgan fingerprint density at radius 3 is 2.52 bits per heavy atom. The smallest absolute Gasteiger partial charge is 0.319 e. The predicted molar refractivity (Wildman–Crippen MR) is 105 cm³/mol. The molecule has 0 aromatic heterocycles. The number of nitrogens with one attached hydrogen (secondary N) is 2. The first-order valence-electron chi connectivity index (χ1n) is 9.28. The van der Waals surface area contributed by atoms with Gasteiger partial charge < -0.3 is 15.4 Å². The number of urea groups is 1. The number of fused-ring (bicyclic) bond motifs is 1. The number of hydrogen-bond acceptors (Lipinski definition) is 4. The lowest BCUT2D eigenvalue weighted by molar-refractivity contribution is 0.0638. The van der Waals surface area contributed by atoms with Crippen molar-refractivity contribution in [2.45, 2.75) is 12.8 Å². The third-order valence-corrected chi connectivity index (χ3v) is 4.57. The van der Waals surface area contributed by atoms with E-state index in [0.717, 1.165) is 5.56 Å². The van der Waals surface area contributed by atoms with Crippen molar-refractivity contribution in [3.05, 3.63) is 65.0 Å². The largest absolute Gasteiger partial charge is 0.385 e. The van der Waals surface area contributed by atoms with E-state index in [9.17, 15) is 18.8 Å². The van der Waals surface area contributed by atoms with Gasteiger partial charge in [-0.15, -0.1) is 0 Å². The van der Waals surface area contributed by atoms with Gasteiger partial charge >= 0.3 is 6.03 Å². The van der Waals surface area contributed by atoms with Crippen LogP contribution in [0.3, 0.4) is 0 Å². The summed E-state index contributed by atoms with van der Waals surface area (Å²) in [5.74, 6) is -1.01. The second-order valence-electron chi connectivity index (χ2n) is 6.63. The summed E-state index contributed by atoms with van der Waals surface area (Å²) in [7, 11) is 1.56. The topological polar surface area (TPSA) is 87.7 Å². The van der Waals surface area contributed by atoms with Gasteiger partial charge in [-0.2, -0.15) is 0 Å². The van der Waals surface area contributed by atoms with Crippen LogP contribution in [-0.4, -0.2) is 49.6 Å². The molecule has 0 bridgehead atoms. The summed E-state index contributed by atoms with van der Waals surface area (Å²) in [6.45, 7) is 1.11. The van der Waals surface area contributed by atoms with Crippen molar-refractivity contribution in [2.24, 2.45) is 0 Å². The van der Waals surface area contributed by atoms with Gasteiger partial charge in [0.2, 0.25) is 0 Å². The lowest BCUT2D eigenvalue weighted by Crippen LogP contribution is -2.31. The summed E-state index contributed by atoms with van der Waals surface area (Å²) in [6.07, 6.45) is 1.12. The molecule has 2 aromatic rings. The molecule has 4 amide bonds. The summed E-state index contributed by atoms with van der Waals surface area (Å²) >= 11 is 0. The number of ether oxygens (including phenoxy) is 1.